The second kappa shape index (κ2) is 17.8. The molecule has 0 aliphatic carbocycles. The number of fused-ring (bicyclic) bond motifs is 1. The van der Waals surface area contributed by atoms with Crippen molar-refractivity contribution in [2.75, 3.05) is 63.9 Å². The summed E-state index contributed by atoms with van der Waals surface area (Å²) in [6, 6.07) is 12.2. The molecule has 5 rings (SSSR count). The highest BCUT2D eigenvalue weighted by Crippen LogP contribution is 2.46. The first-order chi connectivity index (χ1) is 25.6. The van der Waals surface area contributed by atoms with Crippen molar-refractivity contribution in [3.05, 3.63) is 83.0 Å². The Morgan fingerprint density at radius 3 is 2.48 bits per heavy atom. The van der Waals surface area contributed by atoms with Crippen molar-refractivity contribution in [3.63, 3.8) is 0 Å². The number of amides is 1. The van der Waals surface area contributed by atoms with Gasteiger partial charge in [-0.25, -0.2) is 4.39 Å². The Morgan fingerprint density at radius 2 is 1.89 bits per heavy atom. The average molecular weight is 766 g/mol. The molecular weight excluding hydrogens is 708 g/mol. The van der Waals surface area contributed by atoms with E-state index in [1.807, 2.05) is 36.4 Å². The van der Waals surface area contributed by atoms with Gasteiger partial charge in [-0.05, 0) is 103 Å². The number of ether oxygens (including phenoxy) is 3. The molecule has 0 spiro atoms. The molecule has 54 heavy (non-hydrogen) atoms. The summed E-state index contributed by atoms with van der Waals surface area (Å²) < 4.78 is 38.1. The number of nitriles is 1. The third-order valence-electron chi connectivity index (χ3n) is 10.2. The van der Waals surface area contributed by atoms with E-state index in [0.717, 1.165) is 56.9 Å². The normalized spacial score (nSPS) is 21.0. The number of piperidine rings is 1. The van der Waals surface area contributed by atoms with Gasteiger partial charge in [-0.1, -0.05) is 18.2 Å². The first-order valence-electron chi connectivity index (χ1n) is 18.6. The molecule has 0 radical (unpaired) electrons. The van der Waals surface area contributed by atoms with E-state index in [0.29, 0.717) is 22.9 Å². The number of rotatable bonds is 16. The molecule has 2 fully saturated rings. The lowest BCUT2D eigenvalue weighted by Crippen LogP contribution is -2.57. The molecule has 4 atom stereocenters. The monoisotopic (exact) mass is 765 g/mol. The van der Waals surface area contributed by atoms with Gasteiger partial charge >= 0.3 is 0 Å². The smallest absolute Gasteiger partial charge is 0.253 e. The molecule has 12 nitrogen and oxygen atoms in total. The Bertz CT molecular complexity index is 1710. The molecule has 1 amide bonds. The highest BCUT2D eigenvalue weighted by molar-refractivity contribution is 7.52. The maximum atomic E-state index is 14.4. The number of nitrogens with one attached hydrogen (secondary N) is 2. The Morgan fingerprint density at radius 1 is 1.17 bits per heavy atom. The second-order valence-corrected chi connectivity index (χ2v) is 17.3. The summed E-state index contributed by atoms with van der Waals surface area (Å²) in [5.41, 5.74) is 7.74. The van der Waals surface area contributed by atoms with Crippen molar-refractivity contribution < 1.29 is 27.9 Å². The summed E-state index contributed by atoms with van der Waals surface area (Å²) in [5.74, 6) is 0.282. The average Bonchev–Trinajstić information content (AvgIpc) is 3.36. The molecule has 2 aromatic rings. The highest BCUT2D eigenvalue weighted by atomic mass is 31.1. The van der Waals surface area contributed by atoms with Crippen LogP contribution in [0.25, 0.3) is 0 Å². The van der Waals surface area contributed by atoms with Crippen molar-refractivity contribution in [2.24, 2.45) is 11.7 Å². The standard InChI is InChI=1S/C40H57FN7O5P/c1-39(2,43)53-40(3,4)45-38(49)29-14-15-32-33(23-29)48(37-18-21-51-37)36(46(32)6)25-47-19-16-28(17-20-47)34(54(8)50-7)10-9-11-35(44-5)52-26-30-13-12-27(24-42)22-31(30)41/h9-15,22-23,28,34,36-37,44H,16-21,25-26,43H2,1-8H3,(H,45,49)/b10-9-,35-11+. The Kier molecular flexibility index (Phi) is 13.6. The van der Waals surface area contributed by atoms with Gasteiger partial charge in [0.15, 0.2) is 5.88 Å². The molecule has 4 N–H and O–H groups in total. The van der Waals surface area contributed by atoms with Gasteiger partial charge in [0.25, 0.3) is 5.91 Å². The van der Waals surface area contributed by atoms with Crippen LogP contribution in [-0.2, 0) is 25.3 Å². The van der Waals surface area contributed by atoms with Crippen LogP contribution in [0.1, 0.15) is 68.4 Å². The lowest BCUT2D eigenvalue weighted by molar-refractivity contribution is -0.129. The Hall–Kier alpha value is -3.76. The zero-order valence-electron chi connectivity index (χ0n) is 32.9. The van der Waals surface area contributed by atoms with Crippen molar-refractivity contribution in [1.29, 1.82) is 5.26 Å². The number of halogens is 1. The molecular formula is C40H57FN7O5P. The van der Waals surface area contributed by atoms with Crippen LogP contribution in [0.2, 0.25) is 0 Å². The van der Waals surface area contributed by atoms with Crippen LogP contribution in [0.4, 0.5) is 15.8 Å². The van der Waals surface area contributed by atoms with E-state index in [-0.39, 0.29) is 36.1 Å². The molecule has 0 saturated carbocycles. The molecule has 3 aliphatic rings. The maximum absolute atomic E-state index is 14.4. The minimum absolute atomic E-state index is 0.0438. The number of anilines is 2. The summed E-state index contributed by atoms with van der Waals surface area (Å²) in [6.45, 7) is 12.8. The predicted molar refractivity (Wildman–Crippen MR) is 211 cm³/mol. The number of nitrogens with two attached hydrogens (primary N) is 1. The molecule has 2 saturated heterocycles. The number of benzene rings is 2. The van der Waals surface area contributed by atoms with Crippen LogP contribution in [0.3, 0.4) is 0 Å². The number of hydrogen-bond donors (Lipinski definition) is 3. The van der Waals surface area contributed by atoms with E-state index < -0.39 is 25.4 Å². The van der Waals surface area contributed by atoms with Gasteiger partial charge in [0, 0.05) is 59.1 Å². The van der Waals surface area contributed by atoms with Crippen LogP contribution in [0, 0.1) is 23.1 Å². The SMILES string of the molecule is CN/C(=C\C=C/C(C1CCN(CC2N(C)c3ccc(C(=O)NC(C)(C)OC(C)(C)N)cc3N2C2CCO2)CC1)P(C)OC)OCc1ccc(C#N)cc1F. The van der Waals surface area contributed by atoms with Crippen LogP contribution in [0.5, 0.6) is 0 Å². The fourth-order valence-corrected chi connectivity index (χ4v) is 8.94. The highest BCUT2D eigenvalue weighted by Gasteiger charge is 2.42. The number of hydrogen-bond acceptors (Lipinski definition) is 11. The molecule has 3 heterocycles. The van der Waals surface area contributed by atoms with E-state index in [1.165, 1.54) is 6.07 Å². The molecule has 0 aromatic heterocycles. The minimum atomic E-state index is -0.954. The summed E-state index contributed by atoms with van der Waals surface area (Å²) in [4.78, 5) is 20.6. The maximum Gasteiger partial charge on any atom is 0.253 e. The summed E-state index contributed by atoms with van der Waals surface area (Å²) in [7, 11) is 4.96. The lowest BCUT2D eigenvalue weighted by atomic mass is 9.92. The molecule has 3 aliphatic heterocycles. The van der Waals surface area contributed by atoms with Gasteiger partial charge in [-0.3, -0.25) is 9.69 Å². The fourth-order valence-electron chi connectivity index (χ4n) is 7.46. The third kappa shape index (κ3) is 10.3. The van der Waals surface area contributed by atoms with Crippen LogP contribution in [-0.4, -0.2) is 94.4 Å². The van der Waals surface area contributed by atoms with Crippen molar-refractivity contribution in [3.8, 4) is 6.07 Å². The minimum Gasteiger partial charge on any atom is -0.474 e. The lowest BCUT2D eigenvalue weighted by Gasteiger charge is -2.44. The third-order valence-corrected chi connectivity index (χ3v) is 12.2. The van der Waals surface area contributed by atoms with E-state index in [2.05, 4.69) is 45.1 Å². The van der Waals surface area contributed by atoms with Crippen molar-refractivity contribution in [1.82, 2.24) is 15.5 Å². The predicted octanol–water partition coefficient (Wildman–Crippen LogP) is 5.79. The first-order valence-corrected chi connectivity index (χ1v) is 20.4. The van der Waals surface area contributed by atoms with Crippen molar-refractivity contribution >= 4 is 25.4 Å². The Balaban J connectivity index is 1.21. The number of allylic oxidation sites excluding steroid dienone is 3. The van der Waals surface area contributed by atoms with Crippen LogP contribution in [0.15, 0.2) is 60.5 Å². The zero-order valence-corrected chi connectivity index (χ0v) is 33.8. The zero-order chi connectivity index (χ0) is 39.2. The van der Waals surface area contributed by atoms with E-state index in [4.69, 9.17) is 29.7 Å². The largest absolute Gasteiger partial charge is 0.474 e. The van der Waals surface area contributed by atoms with E-state index in [1.54, 1.807) is 54.0 Å². The topological polar surface area (TPSA) is 138 Å². The second-order valence-electron chi connectivity index (χ2n) is 15.2. The van der Waals surface area contributed by atoms with Crippen LogP contribution < -0.4 is 26.2 Å². The van der Waals surface area contributed by atoms with Gasteiger partial charge in [0.1, 0.15) is 36.3 Å². The van der Waals surface area contributed by atoms with Gasteiger partial charge in [-0.15, -0.1) is 0 Å². The first kappa shape index (κ1) is 41.4. The van der Waals surface area contributed by atoms with Crippen LogP contribution >= 0.6 is 8.15 Å². The number of carbonyl (C=O) groups excluding carboxylic acids is 1. The molecule has 294 valence electrons. The summed E-state index contributed by atoms with van der Waals surface area (Å²) >= 11 is 0. The fraction of sp³-hybridized carbons (Fsp3) is 0.550. The summed E-state index contributed by atoms with van der Waals surface area (Å²) in [6.07, 6.45) is 9.08. The van der Waals surface area contributed by atoms with Gasteiger partial charge < -0.3 is 44.9 Å². The van der Waals surface area contributed by atoms with E-state index >= 15 is 0 Å². The molecule has 4 unspecified atom stereocenters. The van der Waals surface area contributed by atoms with Crippen molar-refractivity contribution in [2.45, 2.75) is 83.1 Å². The Labute approximate surface area is 321 Å². The van der Waals surface area contributed by atoms with Gasteiger partial charge in [0.05, 0.1) is 29.6 Å². The number of likely N-dealkylation sites (tertiary alicyclic amines) is 1. The van der Waals surface area contributed by atoms with Gasteiger partial charge in [-0.2, -0.15) is 5.26 Å². The number of carbonyl (C=O) groups is 1. The van der Waals surface area contributed by atoms with E-state index in [9.17, 15) is 9.18 Å². The molecule has 2 aromatic carbocycles. The van der Waals surface area contributed by atoms with Gasteiger partial charge in [0.2, 0.25) is 0 Å². The molecule has 14 heteroatoms. The molecule has 0 bridgehead atoms. The quantitative estimate of drug-likeness (QED) is 0.0829. The number of nitrogens with zero attached hydrogens (tertiary/aromatic N) is 4. The number of likely N-dealkylation sites (N-methyl/N-ethyl adjacent to an activating group) is 1. The summed E-state index contributed by atoms with van der Waals surface area (Å²) in [5, 5.41) is 15.0.